The average molecular weight is 411 g/mol. The molecule has 0 atom stereocenters. The van der Waals surface area contributed by atoms with E-state index in [1.54, 1.807) is 18.2 Å². The second-order valence-corrected chi connectivity index (χ2v) is 7.81. The summed E-state index contributed by atoms with van der Waals surface area (Å²) in [6.45, 7) is 0. The van der Waals surface area contributed by atoms with Crippen LogP contribution < -0.4 is 10.6 Å². The molecular weight excluding hydrogens is 399 g/mol. The van der Waals surface area contributed by atoms with Crippen LogP contribution in [0.25, 0.3) is 0 Å². The monoisotopic (exact) mass is 410 g/mol. The highest BCUT2D eigenvalue weighted by Gasteiger charge is 2.12. The van der Waals surface area contributed by atoms with Gasteiger partial charge in [-0.3, -0.25) is 4.79 Å². The third kappa shape index (κ3) is 5.09. The van der Waals surface area contributed by atoms with Gasteiger partial charge in [0.1, 0.15) is 0 Å². The Hall–Kier alpha value is -1.80. The highest BCUT2D eigenvalue weighted by Crippen LogP contribution is 2.31. The van der Waals surface area contributed by atoms with E-state index in [2.05, 4.69) is 20.8 Å². The van der Waals surface area contributed by atoms with E-state index >= 15 is 0 Å². The molecule has 3 aromatic rings. The number of nitrogens with zero attached hydrogens (tertiary/aromatic N) is 2. The first-order valence-electron chi connectivity index (χ1n) is 7.14. The summed E-state index contributed by atoms with van der Waals surface area (Å²) in [6.07, 6.45) is 0. The first kappa shape index (κ1) is 18.0. The van der Waals surface area contributed by atoms with E-state index in [1.165, 1.54) is 23.1 Å². The molecule has 2 aromatic carbocycles. The Morgan fingerprint density at radius 1 is 1.04 bits per heavy atom. The topological polar surface area (TPSA) is 66.9 Å². The second kappa shape index (κ2) is 8.53. The molecule has 3 rings (SSSR count). The Labute approximate surface area is 162 Å². The predicted octanol–water partition coefficient (Wildman–Crippen LogP) is 5.32. The summed E-state index contributed by atoms with van der Waals surface area (Å²) >= 11 is 14.8. The predicted molar refractivity (Wildman–Crippen MR) is 105 cm³/mol. The standard InChI is InChI=1S/C16H12Cl2N4OS2/c17-11-7-4-8-12(18)14(11)20-13(23)9-24-16-22-21-15(25-16)19-10-5-2-1-3-6-10/h1-8H,9H2,(H,19,21)(H,20,23). The van der Waals surface area contributed by atoms with Gasteiger partial charge in [0.2, 0.25) is 11.0 Å². The van der Waals surface area contributed by atoms with Gasteiger partial charge in [-0.2, -0.15) is 0 Å². The first-order chi connectivity index (χ1) is 12.1. The summed E-state index contributed by atoms with van der Waals surface area (Å²) in [5.74, 6) is -0.0330. The molecule has 0 aliphatic heterocycles. The molecule has 25 heavy (non-hydrogen) atoms. The minimum Gasteiger partial charge on any atom is -0.330 e. The number of carbonyl (C=O) groups is 1. The number of amides is 1. The Morgan fingerprint density at radius 3 is 2.48 bits per heavy atom. The zero-order valence-corrected chi connectivity index (χ0v) is 15.8. The molecule has 0 spiro atoms. The summed E-state index contributed by atoms with van der Waals surface area (Å²) < 4.78 is 0.693. The van der Waals surface area contributed by atoms with Gasteiger partial charge in [-0.05, 0) is 24.3 Å². The molecule has 1 aromatic heterocycles. The lowest BCUT2D eigenvalue weighted by atomic mass is 10.3. The maximum atomic E-state index is 12.1. The van der Waals surface area contributed by atoms with Crippen molar-refractivity contribution < 1.29 is 4.79 Å². The lowest BCUT2D eigenvalue weighted by Crippen LogP contribution is -2.14. The molecule has 9 heteroatoms. The Bertz CT molecular complexity index is 853. The molecule has 0 bridgehead atoms. The number of nitrogens with one attached hydrogen (secondary N) is 2. The van der Waals surface area contributed by atoms with Gasteiger partial charge in [0.05, 0.1) is 21.5 Å². The fourth-order valence-electron chi connectivity index (χ4n) is 1.88. The van der Waals surface area contributed by atoms with Crippen LogP contribution in [0.3, 0.4) is 0 Å². The number of hydrogen-bond acceptors (Lipinski definition) is 6. The van der Waals surface area contributed by atoms with Crippen LogP contribution in [0, 0.1) is 0 Å². The molecule has 1 heterocycles. The Kier molecular flexibility index (Phi) is 6.14. The minimum atomic E-state index is -0.215. The van der Waals surface area contributed by atoms with Crippen LogP contribution in [0.4, 0.5) is 16.5 Å². The van der Waals surface area contributed by atoms with Crippen molar-refractivity contribution in [1.82, 2.24) is 10.2 Å². The van der Waals surface area contributed by atoms with Gasteiger partial charge < -0.3 is 10.6 Å². The van der Waals surface area contributed by atoms with Gasteiger partial charge in [0.15, 0.2) is 4.34 Å². The van der Waals surface area contributed by atoms with Gasteiger partial charge in [-0.25, -0.2) is 0 Å². The smallest absolute Gasteiger partial charge is 0.234 e. The van der Waals surface area contributed by atoms with Crippen LogP contribution in [-0.4, -0.2) is 21.9 Å². The number of thioether (sulfide) groups is 1. The number of benzene rings is 2. The number of rotatable bonds is 6. The van der Waals surface area contributed by atoms with E-state index in [-0.39, 0.29) is 11.7 Å². The zero-order chi connectivity index (χ0) is 17.6. The highest BCUT2D eigenvalue weighted by atomic mass is 35.5. The third-order valence-corrected chi connectivity index (χ3v) is 5.59. The quantitative estimate of drug-likeness (QED) is 0.538. The van der Waals surface area contributed by atoms with Crippen molar-refractivity contribution in [3.63, 3.8) is 0 Å². The number of carbonyl (C=O) groups excluding carboxylic acids is 1. The molecule has 0 saturated heterocycles. The van der Waals surface area contributed by atoms with Crippen LogP contribution in [0.2, 0.25) is 10.0 Å². The van der Waals surface area contributed by atoms with Crippen molar-refractivity contribution in [3.8, 4) is 0 Å². The van der Waals surface area contributed by atoms with Crippen molar-refractivity contribution in [2.24, 2.45) is 0 Å². The highest BCUT2D eigenvalue weighted by molar-refractivity contribution is 8.01. The van der Waals surface area contributed by atoms with Crippen LogP contribution in [0.5, 0.6) is 0 Å². The summed E-state index contributed by atoms with van der Waals surface area (Å²) in [6, 6.07) is 14.7. The molecule has 0 radical (unpaired) electrons. The largest absolute Gasteiger partial charge is 0.330 e. The van der Waals surface area contributed by atoms with Crippen LogP contribution >= 0.6 is 46.3 Å². The maximum absolute atomic E-state index is 12.1. The van der Waals surface area contributed by atoms with Gasteiger partial charge in [-0.15, -0.1) is 10.2 Å². The minimum absolute atomic E-state index is 0.182. The van der Waals surface area contributed by atoms with Crippen LogP contribution in [-0.2, 0) is 4.79 Å². The summed E-state index contributed by atoms with van der Waals surface area (Å²) in [7, 11) is 0. The normalized spacial score (nSPS) is 10.5. The van der Waals surface area contributed by atoms with Crippen molar-refractivity contribution in [2.75, 3.05) is 16.4 Å². The molecule has 1 amide bonds. The van der Waals surface area contributed by atoms with E-state index < -0.39 is 0 Å². The third-order valence-electron chi connectivity index (χ3n) is 2.99. The van der Waals surface area contributed by atoms with E-state index in [0.29, 0.717) is 25.2 Å². The molecule has 0 fully saturated rings. The summed E-state index contributed by atoms with van der Waals surface area (Å²) in [5, 5.41) is 15.5. The molecule has 5 nitrogen and oxygen atoms in total. The molecule has 0 unspecified atom stereocenters. The zero-order valence-electron chi connectivity index (χ0n) is 12.7. The summed E-state index contributed by atoms with van der Waals surface area (Å²) in [5.41, 5.74) is 1.35. The van der Waals surface area contributed by atoms with E-state index in [1.807, 2.05) is 30.3 Å². The molecule has 0 aliphatic carbocycles. The SMILES string of the molecule is O=C(CSc1nnc(Nc2ccccc2)s1)Nc1c(Cl)cccc1Cl. The molecule has 128 valence electrons. The second-order valence-electron chi connectivity index (χ2n) is 4.80. The lowest BCUT2D eigenvalue weighted by Gasteiger charge is -2.08. The van der Waals surface area contributed by atoms with E-state index in [0.717, 1.165) is 5.69 Å². The van der Waals surface area contributed by atoms with Crippen molar-refractivity contribution in [3.05, 3.63) is 58.6 Å². The number of hydrogen-bond donors (Lipinski definition) is 2. The fraction of sp³-hybridized carbons (Fsp3) is 0.0625. The van der Waals surface area contributed by atoms with E-state index in [9.17, 15) is 4.79 Å². The number of anilines is 3. The number of para-hydroxylation sites is 2. The van der Waals surface area contributed by atoms with Crippen molar-refractivity contribution in [1.29, 1.82) is 0 Å². The van der Waals surface area contributed by atoms with E-state index in [4.69, 9.17) is 23.2 Å². The van der Waals surface area contributed by atoms with Crippen molar-refractivity contribution >= 4 is 68.7 Å². The number of aromatic nitrogens is 2. The molecule has 0 saturated carbocycles. The molecular formula is C16H12Cl2N4OS2. The maximum Gasteiger partial charge on any atom is 0.234 e. The first-order valence-corrected chi connectivity index (χ1v) is 9.70. The van der Waals surface area contributed by atoms with Crippen LogP contribution in [0.15, 0.2) is 52.9 Å². The van der Waals surface area contributed by atoms with Gasteiger partial charge in [-0.1, -0.05) is 70.6 Å². The van der Waals surface area contributed by atoms with Gasteiger partial charge in [0.25, 0.3) is 0 Å². The lowest BCUT2D eigenvalue weighted by molar-refractivity contribution is -0.113. The van der Waals surface area contributed by atoms with Crippen molar-refractivity contribution in [2.45, 2.75) is 4.34 Å². The molecule has 0 aliphatic rings. The van der Waals surface area contributed by atoms with Gasteiger partial charge >= 0.3 is 0 Å². The van der Waals surface area contributed by atoms with Crippen LogP contribution in [0.1, 0.15) is 0 Å². The Balaban J connectivity index is 1.54. The summed E-state index contributed by atoms with van der Waals surface area (Å²) in [4.78, 5) is 12.1. The van der Waals surface area contributed by atoms with Gasteiger partial charge in [0, 0.05) is 5.69 Å². The molecule has 2 N–H and O–H groups in total. The fourth-order valence-corrected chi connectivity index (χ4v) is 3.95. The average Bonchev–Trinajstić information content (AvgIpc) is 3.05. The number of halogens is 2. The Morgan fingerprint density at radius 2 is 1.76 bits per heavy atom.